The summed E-state index contributed by atoms with van der Waals surface area (Å²) in [6.07, 6.45) is 2.98. The highest BCUT2D eigenvalue weighted by Crippen LogP contribution is 2.36. The Morgan fingerprint density at radius 1 is 1.22 bits per heavy atom. The number of aromatic nitrogens is 4. The third-order valence-corrected chi connectivity index (χ3v) is 7.70. The monoisotopic (exact) mass is 619 g/mol. The Kier molecular flexibility index (Phi) is 7.84. The third kappa shape index (κ3) is 5.43. The lowest BCUT2D eigenvalue weighted by atomic mass is 10.0. The van der Waals surface area contributed by atoms with E-state index < -0.39 is 23.1 Å². The number of pyridine rings is 1. The smallest absolute Gasteiger partial charge is 0.264 e. The van der Waals surface area contributed by atoms with Crippen molar-refractivity contribution in [3.05, 3.63) is 61.8 Å². The van der Waals surface area contributed by atoms with Crippen LogP contribution in [0.3, 0.4) is 0 Å². The minimum atomic E-state index is -0.913. The van der Waals surface area contributed by atoms with Crippen molar-refractivity contribution in [2.24, 2.45) is 12.8 Å². The molecule has 4 aromatic rings. The van der Waals surface area contributed by atoms with E-state index in [0.717, 1.165) is 4.57 Å². The minimum absolute atomic E-state index is 0.0903. The van der Waals surface area contributed by atoms with Crippen LogP contribution in [0.4, 0.5) is 11.5 Å². The molecule has 214 valence electrons. The predicted octanol–water partition coefficient (Wildman–Crippen LogP) is 3.43. The summed E-state index contributed by atoms with van der Waals surface area (Å²) >= 11 is 18.7. The van der Waals surface area contributed by atoms with E-state index in [2.05, 4.69) is 20.2 Å². The largest absolute Gasteiger partial charge is 0.506 e. The number of aromatic hydroxyl groups is 1. The van der Waals surface area contributed by atoms with Crippen molar-refractivity contribution in [3.63, 3.8) is 0 Å². The highest BCUT2D eigenvalue weighted by molar-refractivity contribution is 6.34. The number of amides is 2. The number of halogens is 3. The standard InChI is InChI=1S/C26H24Cl3N7O5/c1-12-11-41-4-3-36(12)19-7-18(17(28)8-31-19)32-20(37)10-35-9-15(21-24(35)33-26(29)34(2)25(21)40)13-5-14(23(30)39)22(38)16(27)6-13/h5-9,12,38H,3-4,10-11H2,1-2H3,(H2,30,39)(H,31,32,37)/t12-/m0/s1. The summed E-state index contributed by atoms with van der Waals surface area (Å²) in [4.78, 5) is 49.2. The van der Waals surface area contributed by atoms with E-state index in [0.29, 0.717) is 42.4 Å². The molecule has 1 aliphatic rings. The molecular weight excluding hydrogens is 597 g/mol. The molecule has 4 N–H and O–H groups in total. The molecule has 0 bridgehead atoms. The maximum Gasteiger partial charge on any atom is 0.264 e. The van der Waals surface area contributed by atoms with E-state index in [4.69, 9.17) is 45.3 Å². The molecule has 0 radical (unpaired) electrons. The molecule has 0 saturated carbocycles. The van der Waals surface area contributed by atoms with Crippen molar-refractivity contribution < 1.29 is 19.4 Å². The number of benzene rings is 1. The number of carbonyl (C=O) groups excluding carboxylic acids is 2. The Morgan fingerprint density at radius 2 is 1.98 bits per heavy atom. The quantitative estimate of drug-likeness (QED) is 0.277. The van der Waals surface area contributed by atoms with Crippen LogP contribution in [0.2, 0.25) is 15.3 Å². The number of nitrogens with one attached hydrogen (secondary N) is 1. The molecule has 41 heavy (non-hydrogen) atoms. The number of nitrogens with two attached hydrogens (primary N) is 1. The van der Waals surface area contributed by atoms with Gasteiger partial charge in [-0.25, -0.2) is 9.97 Å². The van der Waals surface area contributed by atoms with Crippen LogP contribution in [0, 0.1) is 0 Å². The fourth-order valence-electron chi connectivity index (χ4n) is 4.66. The van der Waals surface area contributed by atoms with E-state index in [1.165, 1.54) is 36.1 Å². The van der Waals surface area contributed by atoms with E-state index in [1.54, 1.807) is 6.07 Å². The van der Waals surface area contributed by atoms with Gasteiger partial charge in [-0.1, -0.05) is 23.2 Å². The van der Waals surface area contributed by atoms with Crippen molar-refractivity contribution in [3.8, 4) is 16.9 Å². The van der Waals surface area contributed by atoms with E-state index in [1.807, 2.05) is 6.92 Å². The first-order valence-corrected chi connectivity index (χ1v) is 13.5. The second-order valence-corrected chi connectivity index (χ2v) is 10.7. The van der Waals surface area contributed by atoms with Crippen molar-refractivity contribution in [1.29, 1.82) is 0 Å². The summed E-state index contributed by atoms with van der Waals surface area (Å²) < 4.78 is 8.07. The number of hydrogen-bond acceptors (Lipinski definition) is 8. The van der Waals surface area contributed by atoms with Gasteiger partial charge >= 0.3 is 0 Å². The first-order chi connectivity index (χ1) is 19.5. The van der Waals surface area contributed by atoms with Crippen molar-refractivity contribution in [1.82, 2.24) is 19.1 Å². The van der Waals surface area contributed by atoms with Crippen LogP contribution >= 0.6 is 34.8 Å². The van der Waals surface area contributed by atoms with E-state index >= 15 is 0 Å². The Balaban J connectivity index is 1.53. The fourth-order valence-corrected chi connectivity index (χ4v) is 5.19. The molecule has 2 amide bonds. The maximum absolute atomic E-state index is 13.3. The summed E-state index contributed by atoms with van der Waals surface area (Å²) in [7, 11) is 1.45. The summed E-state index contributed by atoms with van der Waals surface area (Å²) in [6, 6.07) is 4.46. The normalized spacial score (nSPS) is 15.3. The summed E-state index contributed by atoms with van der Waals surface area (Å²) in [5.41, 5.74) is 5.75. The van der Waals surface area contributed by atoms with Crippen LogP contribution in [-0.4, -0.2) is 61.8 Å². The molecule has 1 aromatic carbocycles. The Bertz CT molecular complexity index is 1770. The third-order valence-electron chi connectivity index (χ3n) is 6.77. The zero-order valence-electron chi connectivity index (χ0n) is 21.8. The topological polar surface area (TPSA) is 158 Å². The average Bonchev–Trinajstić information content (AvgIpc) is 3.27. The lowest BCUT2D eigenvalue weighted by Crippen LogP contribution is -2.44. The van der Waals surface area contributed by atoms with Gasteiger partial charge in [-0.2, -0.15) is 0 Å². The van der Waals surface area contributed by atoms with Crippen molar-refractivity contribution in [2.45, 2.75) is 19.5 Å². The zero-order valence-corrected chi connectivity index (χ0v) is 24.1. The Morgan fingerprint density at radius 3 is 2.68 bits per heavy atom. The Hall–Kier alpha value is -3.84. The highest BCUT2D eigenvalue weighted by Gasteiger charge is 2.24. The first kappa shape index (κ1) is 28.7. The fraction of sp³-hybridized carbons (Fsp3) is 0.269. The maximum atomic E-state index is 13.3. The second kappa shape index (κ2) is 11.2. The molecule has 0 unspecified atom stereocenters. The summed E-state index contributed by atoms with van der Waals surface area (Å²) in [6.45, 7) is 3.49. The van der Waals surface area contributed by atoms with Crippen LogP contribution in [0.5, 0.6) is 5.75 Å². The van der Waals surface area contributed by atoms with Gasteiger partial charge in [0.2, 0.25) is 11.2 Å². The lowest BCUT2D eigenvalue weighted by molar-refractivity contribution is -0.116. The van der Waals surface area contributed by atoms with Gasteiger partial charge < -0.3 is 30.4 Å². The van der Waals surface area contributed by atoms with Crippen LogP contribution in [0.15, 0.2) is 35.4 Å². The number of hydrogen-bond donors (Lipinski definition) is 3. The number of rotatable bonds is 6. The number of ether oxygens (including phenoxy) is 1. The number of morpholine rings is 1. The molecule has 1 saturated heterocycles. The second-order valence-electron chi connectivity index (χ2n) is 9.52. The number of fused-ring (bicyclic) bond motifs is 1. The van der Waals surface area contributed by atoms with Gasteiger partial charge in [-0.15, -0.1) is 0 Å². The number of phenols is 1. The number of nitrogens with zero attached hydrogens (tertiary/aromatic N) is 5. The predicted molar refractivity (Wildman–Crippen MR) is 156 cm³/mol. The molecular formula is C26H24Cl3N7O5. The van der Waals surface area contributed by atoms with Crippen LogP contribution in [-0.2, 0) is 23.1 Å². The molecule has 5 rings (SSSR count). The van der Waals surface area contributed by atoms with Gasteiger partial charge in [0, 0.05) is 31.4 Å². The average molecular weight is 621 g/mol. The molecule has 1 atom stereocenters. The number of carbonyl (C=O) groups is 2. The van der Waals surface area contributed by atoms with Crippen LogP contribution in [0.25, 0.3) is 22.2 Å². The molecule has 1 aliphatic heterocycles. The highest BCUT2D eigenvalue weighted by atomic mass is 35.5. The number of primary amides is 1. The van der Waals surface area contributed by atoms with Gasteiger partial charge in [0.25, 0.3) is 11.5 Å². The number of anilines is 2. The van der Waals surface area contributed by atoms with E-state index in [-0.39, 0.29) is 44.5 Å². The molecule has 15 heteroatoms. The molecule has 4 heterocycles. The molecule has 0 aliphatic carbocycles. The van der Waals surface area contributed by atoms with Crippen molar-refractivity contribution >= 4 is 69.2 Å². The molecule has 3 aromatic heterocycles. The van der Waals surface area contributed by atoms with E-state index in [9.17, 15) is 19.5 Å². The van der Waals surface area contributed by atoms with Gasteiger partial charge in [0.05, 0.1) is 52.1 Å². The van der Waals surface area contributed by atoms with Gasteiger partial charge in [0.1, 0.15) is 23.8 Å². The molecule has 12 nitrogen and oxygen atoms in total. The van der Waals surface area contributed by atoms with Crippen molar-refractivity contribution in [2.75, 3.05) is 30.0 Å². The zero-order chi connectivity index (χ0) is 29.6. The van der Waals surface area contributed by atoms with Gasteiger partial charge in [-0.05, 0) is 36.2 Å². The lowest BCUT2D eigenvalue weighted by Gasteiger charge is -2.34. The molecule has 1 fully saturated rings. The molecule has 0 spiro atoms. The first-order valence-electron chi connectivity index (χ1n) is 12.3. The van der Waals surface area contributed by atoms with Gasteiger partial charge in [-0.3, -0.25) is 19.0 Å². The van der Waals surface area contributed by atoms with Gasteiger partial charge in [0.15, 0.2) is 0 Å². The summed E-state index contributed by atoms with van der Waals surface area (Å²) in [5.74, 6) is -1.23. The minimum Gasteiger partial charge on any atom is -0.506 e. The van der Waals surface area contributed by atoms with Crippen LogP contribution in [0.1, 0.15) is 17.3 Å². The van der Waals surface area contributed by atoms with Crippen LogP contribution < -0.4 is 21.5 Å². The summed E-state index contributed by atoms with van der Waals surface area (Å²) in [5, 5.41) is 13.1. The SMILES string of the molecule is C[C@H]1COCCN1c1cc(NC(=O)Cn2cc(-c3cc(Cl)c(O)c(C(N)=O)c3)c3c(=O)n(C)c(Cl)nc32)c(Cl)cn1. The Labute approximate surface area is 248 Å².